The first kappa shape index (κ1) is 20.0. The van der Waals surface area contributed by atoms with Gasteiger partial charge in [-0.05, 0) is 55.5 Å². The molecule has 1 aliphatic carbocycles. The SMILES string of the molecule is [C-]#[N+]c1c(OC2CC2)cc(C)cc1-c1c(-c2ccc3c(=O)[nH]nc(CC)c3c2)cnn1C. The number of benzene rings is 2. The minimum absolute atomic E-state index is 0.203. The highest BCUT2D eigenvalue weighted by Gasteiger charge is 2.27. The predicted molar refractivity (Wildman–Crippen MR) is 124 cm³/mol. The van der Waals surface area contributed by atoms with Crippen LogP contribution < -0.4 is 10.3 Å². The molecule has 0 spiro atoms. The maximum atomic E-state index is 12.3. The second-order valence-corrected chi connectivity index (χ2v) is 8.23. The Balaban J connectivity index is 1.73. The summed E-state index contributed by atoms with van der Waals surface area (Å²) in [6, 6.07) is 9.69. The fraction of sp³-hybridized carbons (Fsp3) is 0.280. The van der Waals surface area contributed by atoms with Crippen molar-refractivity contribution in [3.05, 3.63) is 69.6 Å². The fourth-order valence-corrected chi connectivity index (χ4v) is 4.12. The second kappa shape index (κ2) is 7.65. The van der Waals surface area contributed by atoms with Crippen LogP contribution in [0, 0.1) is 13.5 Å². The van der Waals surface area contributed by atoms with E-state index >= 15 is 0 Å². The average molecular weight is 425 g/mol. The van der Waals surface area contributed by atoms with E-state index in [4.69, 9.17) is 11.3 Å². The molecule has 2 aromatic heterocycles. The van der Waals surface area contributed by atoms with Gasteiger partial charge in [0.05, 0.1) is 35.6 Å². The van der Waals surface area contributed by atoms with Crippen LogP contribution in [0.2, 0.25) is 0 Å². The third kappa shape index (κ3) is 3.34. The van der Waals surface area contributed by atoms with E-state index in [-0.39, 0.29) is 11.7 Å². The first-order valence-electron chi connectivity index (χ1n) is 10.7. The van der Waals surface area contributed by atoms with Crippen molar-refractivity contribution in [3.63, 3.8) is 0 Å². The third-order valence-electron chi connectivity index (χ3n) is 5.86. The van der Waals surface area contributed by atoms with Crippen LogP contribution in [0.25, 0.3) is 38.0 Å². The quantitative estimate of drug-likeness (QED) is 0.459. The fourth-order valence-electron chi connectivity index (χ4n) is 4.12. The number of hydrogen-bond acceptors (Lipinski definition) is 4. The largest absolute Gasteiger partial charge is 0.501 e. The van der Waals surface area contributed by atoms with E-state index in [1.54, 1.807) is 10.9 Å². The van der Waals surface area contributed by atoms with Crippen molar-refractivity contribution in [3.8, 4) is 28.1 Å². The summed E-state index contributed by atoms with van der Waals surface area (Å²) in [6.45, 7) is 11.9. The molecule has 2 heterocycles. The van der Waals surface area contributed by atoms with E-state index in [0.717, 1.165) is 51.9 Å². The van der Waals surface area contributed by atoms with E-state index in [9.17, 15) is 4.79 Å². The first-order valence-corrected chi connectivity index (χ1v) is 10.7. The molecule has 7 nitrogen and oxygen atoms in total. The predicted octanol–water partition coefficient (Wildman–Crippen LogP) is 4.95. The van der Waals surface area contributed by atoms with E-state index in [2.05, 4.69) is 20.1 Å². The molecule has 0 unspecified atom stereocenters. The molecule has 7 heteroatoms. The van der Waals surface area contributed by atoms with Crippen molar-refractivity contribution in [1.82, 2.24) is 20.0 Å². The van der Waals surface area contributed by atoms with Crippen molar-refractivity contribution in [2.75, 3.05) is 0 Å². The Bertz CT molecular complexity index is 1450. The molecule has 0 amide bonds. The van der Waals surface area contributed by atoms with Gasteiger partial charge >= 0.3 is 0 Å². The Morgan fingerprint density at radius 3 is 2.75 bits per heavy atom. The van der Waals surface area contributed by atoms with Crippen LogP contribution in [-0.2, 0) is 13.5 Å². The summed E-state index contributed by atoms with van der Waals surface area (Å²) >= 11 is 0. The molecule has 0 radical (unpaired) electrons. The zero-order valence-electron chi connectivity index (χ0n) is 18.3. The third-order valence-corrected chi connectivity index (χ3v) is 5.86. The van der Waals surface area contributed by atoms with Gasteiger partial charge in [0.25, 0.3) is 5.56 Å². The van der Waals surface area contributed by atoms with Crippen molar-refractivity contribution in [1.29, 1.82) is 0 Å². The van der Waals surface area contributed by atoms with Gasteiger partial charge in [0.2, 0.25) is 5.69 Å². The van der Waals surface area contributed by atoms with Crippen molar-refractivity contribution in [2.45, 2.75) is 39.2 Å². The molecule has 4 aromatic rings. The Morgan fingerprint density at radius 1 is 1.22 bits per heavy atom. The van der Waals surface area contributed by atoms with Gasteiger partial charge in [-0.1, -0.05) is 19.1 Å². The number of aryl methyl sites for hydroxylation is 3. The Kier molecular flexibility index (Phi) is 4.78. The Labute approximate surface area is 185 Å². The number of aromatic amines is 1. The van der Waals surface area contributed by atoms with Gasteiger partial charge < -0.3 is 4.74 Å². The minimum atomic E-state index is -0.203. The second-order valence-electron chi connectivity index (χ2n) is 8.23. The molecule has 1 aliphatic rings. The number of nitrogens with zero attached hydrogens (tertiary/aromatic N) is 4. The molecular weight excluding hydrogens is 402 g/mol. The van der Waals surface area contributed by atoms with Crippen LogP contribution in [0.1, 0.15) is 31.0 Å². The molecule has 5 rings (SSSR count). The summed E-state index contributed by atoms with van der Waals surface area (Å²) in [4.78, 5) is 16.1. The number of nitrogens with one attached hydrogen (secondary N) is 1. The summed E-state index contributed by atoms with van der Waals surface area (Å²) in [6.07, 6.45) is 4.77. The van der Waals surface area contributed by atoms with Crippen LogP contribution in [0.15, 0.2) is 41.3 Å². The molecule has 0 atom stereocenters. The molecule has 160 valence electrons. The van der Waals surface area contributed by atoms with Crippen LogP contribution in [-0.4, -0.2) is 26.1 Å². The van der Waals surface area contributed by atoms with Crippen LogP contribution in [0.3, 0.4) is 0 Å². The standard InChI is InChI=1S/C25H23N5O2/c1-5-21-18-12-15(6-9-17(18)25(31)29-28-21)20-13-27-30(4)24(20)19-10-14(2)11-22(23(19)26-3)32-16-7-8-16/h6,9-13,16H,5,7-8H2,1-2,4H3,(H,29,31). The summed E-state index contributed by atoms with van der Waals surface area (Å²) < 4.78 is 7.86. The number of hydrogen-bond donors (Lipinski definition) is 1. The van der Waals surface area contributed by atoms with Crippen LogP contribution in [0.4, 0.5) is 5.69 Å². The number of ether oxygens (including phenoxy) is 1. The van der Waals surface area contributed by atoms with Gasteiger partial charge in [0.15, 0.2) is 0 Å². The topological polar surface area (TPSA) is 77.2 Å². The van der Waals surface area contributed by atoms with E-state index in [1.807, 2.05) is 51.2 Å². The lowest BCUT2D eigenvalue weighted by Crippen LogP contribution is -2.10. The maximum absolute atomic E-state index is 12.3. The van der Waals surface area contributed by atoms with E-state index < -0.39 is 0 Å². The van der Waals surface area contributed by atoms with Crippen molar-refractivity contribution >= 4 is 16.5 Å². The average Bonchev–Trinajstić information content (AvgIpc) is 3.52. The highest BCUT2D eigenvalue weighted by molar-refractivity contribution is 5.94. The van der Waals surface area contributed by atoms with Crippen LogP contribution >= 0.6 is 0 Å². The summed E-state index contributed by atoms with van der Waals surface area (Å²) in [5.74, 6) is 0.632. The summed E-state index contributed by atoms with van der Waals surface area (Å²) in [5, 5.41) is 12.7. The number of fused-ring (bicyclic) bond motifs is 1. The highest BCUT2D eigenvalue weighted by atomic mass is 16.5. The van der Waals surface area contributed by atoms with Gasteiger partial charge in [-0.2, -0.15) is 10.2 Å². The lowest BCUT2D eigenvalue weighted by molar-refractivity contribution is 0.305. The monoisotopic (exact) mass is 425 g/mol. The maximum Gasteiger partial charge on any atom is 0.272 e. The Hall–Kier alpha value is -3.92. The van der Waals surface area contributed by atoms with Crippen LogP contribution in [0.5, 0.6) is 5.75 Å². The van der Waals surface area contributed by atoms with Gasteiger partial charge in [-0.3, -0.25) is 9.48 Å². The molecule has 2 aromatic carbocycles. The molecule has 0 saturated heterocycles. The zero-order valence-corrected chi connectivity index (χ0v) is 18.3. The lowest BCUT2D eigenvalue weighted by Gasteiger charge is -2.15. The molecule has 1 fully saturated rings. The van der Waals surface area contributed by atoms with Crippen molar-refractivity contribution in [2.24, 2.45) is 7.05 Å². The highest BCUT2D eigenvalue weighted by Crippen LogP contribution is 2.45. The molecule has 0 bridgehead atoms. The van der Waals surface area contributed by atoms with E-state index in [0.29, 0.717) is 23.2 Å². The first-order chi connectivity index (χ1) is 15.5. The summed E-state index contributed by atoms with van der Waals surface area (Å²) in [7, 11) is 1.88. The van der Waals surface area contributed by atoms with Crippen molar-refractivity contribution < 1.29 is 4.74 Å². The molecule has 1 saturated carbocycles. The smallest absolute Gasteiger partial charge is 0.272 e. The number of rotatable bonds is 5. The van der Waals surface area contributed by atoms with E-state index in [1.165, 1.54) is 0 Å². The molecule has 0 aliphatic heterocycles. The number of H-pyrrole nitrogens is 1. The van der Waals surface area contributed by atoms with Gasteiger partial charge in [-0.15, -0.1) is 0 Å². The minimum Gasteiger partial charge on any atom is -0.501 e. The van der Waals surface area contributed by atoms with Gasteiger partial charge in [0, 0.05) is 23.6 Å². The molecular formula is C25H23N5O2. The zero-order chi connectivity index (χ0) is 22.4. The normalized spacial score (nSPS) is 13.3. The number of aromatic nitrogens is 4. The molecule has 1 N–H and O–H groups in total. The summed E-state index contributed by atoms with van der Waals surface area (Å²) in [5.41, 5.74) is 5.61. The molecule has 32 heavy (non-hydrogen) atoms. The van der Waals surface area contributed by atoms with Gasteiger partial charge in [0.1, 0.15) is 5.75 Å². The lowest BCUT2D eigenvalue weighted by atomic mass is 9.96. The van der Waals surface area contributed by atoms with Gasteiger partial charge in [-0.25, -0.2) is 9.94 Å². The Morgan fingerprint density at radius 2 is 2.03 bits per heavy atom.